The largest absolute Gasteiger partial charge is 0.487 e. The quantitative estimate of drug-likeness (QED) is 0.422. The van der Waals surface area contributed by atoms with Crippen molar-refractivity contribution in [3.63, 3.8) is 0 Å². The zero-order chi connectivity index (χ0) is 23.8. The number of nitrogens with zero attached hydrogens (tertiary/aromatic N) is 5. The van der Waals surface area contributed by atoms with Gasteiger partial charge in [-0.15, -0.1) is 0 Å². The van der Waals surface area contributed by atoms with Gasteiger partial charge in [0.1, 0.15) is 23.5 Å². The highest BCUT2D eigenvalue weighted by atomic mass is 16.5. The molecule has 1 saturated heterocycles. The van der Waals surface area contributed by atoms with Crippen molar-refractivity contribution in [3.8, 4) is 17.0 Å². The van der Waals surface area contributed by atoms with E-state index in [0.29, 0.717) is 17.2 Å². The van der Waals surface area contributed by atoms with Gasteiger partial charge in [0.05, 0.1) is 23.4 Å². The van der Waals surface area contributed by atoms with Crippen molar-refractivity contribution >= 4 is 22.7 Å². The molecule has 0 bridgehead atoms. The topological polar surface area (TPSA) is 99.2 Å². The van der Waals surface area contributed by atoms with Crippen LogP contribution in [0.25, 0.3) is 22.3 Å². The molecule has 3 aromatic heterocycles. The highest BCUT2D eigenvalue weighted by Gasteiger charge is 2.28. The van der Waals surface area contributed by atoms with Gasteiger partial charge >= 0.3 is 0 Å². The molecule has 35 heavy (non-hydrogen) atoms. The Morgan fingerprint density at radius 1 is 1.09 bits per heavy atom. The Kier molecular flexibility index (Phi) is 5.87. The lowest BCUT2D eigenvalue weighted by molar-refractivity contribution is -0.0379. The third-order valence-corrected chi connectivity index (χ3v) is 6.85. The molecule has 4 aromatic rings. The number of aliphatic hydroxyl groups excluding tert-OH is 1. The zero-order valence-electron chi connectivity index (χ0n) is 19.8. The lowest BCUT2D eigenvalue weighted by Crippen LogP contribution is -2.25. The van der Waals surface area contributed by atoms with Crippen molar-refractivity contribution in [1.29, 1.82) is 0 Å². The van der Waals surface area contributed by atoms with Crippen LogP contribution in [0, 0.1) is 0 Å². The minimum atomic E-state index is -0.454. The lowest BCUT2D eigenvalue weighted by Gasteiger charge is -2.24. The summed E-state index contributed by atoms with van der Waals surface area (Å²) < 4.78 is 16.0. The second-order valence-corrected chi connectivity index (χ2v) is 9.34. The number of fused-ring (bicyclic) bond motifs is 1. The average Bonchev–Trinajstić information content (AvgIpc) is 3.60. The van der Waals surface area contributed by atoms with E-state index in [0.717, 1.165) is 67.6 Å². The molecule has 1 aliphatic carbocycles. The summed E-state index contributed by atoms with van der Waals surface area (Å²) in [5.41, 5.74) is 2.62. The van der Waals surface area contributed by atoms with E-state index in [9.17, 15) is 5.11 Å². The van der Waals surface area contributed by atoms with E-state index < -0.39 is 6.10 Å². The number of aromatic nitrogens is 5. The monoisotopic (exact) mass is 474 g/mol. The van der Waals surface area contributed by atoms with Gasteiger partial charge in [0.2, 0.25) is 0 Å². The van der Waals surface area contributed by atoms with Crippen molar-refractivity contribution in [2.45, 2.75) is 57.0 Å². The fraction of sp³-hybridized carbons (Fsp3) is 0.423. The highest BCUT2D eigenvalue weighted by Crippen LogP contribution is 2.35. The number of ether oxygens (including phenoxy) is 2. The van der Waals surface area contributed by atoms with Crippen LogP contribution >= 0.6 is 0 Å². The molecule has 1 saturated carbocycles. The Balaban J connectivity index is 1.38. The Hall–Kier alpha value is -3.43. The maximum absolute atomic E-state index is 10.3. The standard InChI is InChI=1S/C26H30N6O3/c1-31-26-18(16-27-31)22(35-21-11-7-10-20(21)33)15-23(29-26)28-24-14-19(17-8-3-2-4-9-17)30-32(24)25-12-5-6-13-34-25/h2-4,8-9,14-16,20-21,25,33H,5-7,10-13H2,1H3,(H,28,29)/t20-,21+,25+/m0/s1. The van der Waals surface area contributed by atoms with Gasteiger partial charge in [0.25, 0.3) is 0 Å². The first-order chi connectivity index (χ1) is 17.2. The molecule has 0 unspecified atom stereocenters. The third-order valence-electron chi connectivity index (χ3n) is 6.85. The first-order valence-electron chi connectivity index (χ1n) is 12.4. The molecular weight excluding hydrogens is 444 g/mol. The van der Waals surface area contributed by atoms with E-state index in [-0.39, 0.29) is 12.3 Å². The van der Waals surface area contributed by atoms with Crippen molar-refractivity contribution in [3.05, 3.63) is 48.7 Å². The first kappa shape index (κ1) is 22.1. The summed E-state index contributed by atoms with van der Waals surface area (Å²) in [6.45, 7) is 0.728. The Morgan fingerprint density at radius 3 is 2.74 bits per heavy atom. The van der Waals surface area contributed by atoms with Gasteiger partial charge in [-0.3, -0.25) is 4.68 Å². The maximum atomic E-state index is 10.3. The van der Waals surface area contributed by atoms with Gasteiger partial charge in [-0.2, -0.15) is 10.2 Å². The molecule has 2 aliphatic rings. The number of aryl methyl sites for hydroxylation is 1. The molecule has 182 valence electrons. The second kappa shape index (κ2) is 9.31. The molecule has 2 fully saturated rings. The number of pyridine rings is 1. The van der Waals surface area contributed by atoms with Gasteiger partial charge in [0, 0.05) is 31.4 Å². The first-order valence-corrected chi connectivity index (χ1v) is 12.4. The van der Waals surface area contributed by atoms with Crippen molar-refractivity contribution < 1.29 is 14.6 Å². The SMILES string of the molecule is Cn1ncc2c(O[C@@H]3CCC[C@@H]3O)cc(Nc3cc(-c4ccccc4)nn3[C@H]3CCCCO3)nc21. The van der Waals surface area contributed by atoms with Gasteiger partial charge in [-0.1, -0.05) is 30.3 Å². The molecule has 9 nitrogen and oxygen atoms in total. The summed E-state index contributed by atoms with van der Waals surface area (Å²) in [6, 6.07) is 14.0. The summed E-state index contributed by atoms with van der Waals surface area (Å²) in [5.74, 6) is 2.09. The predicted octanol–water partition coefficient (Wildman–Crippen LogP) is 4.57. The molecule has 1 aliphatic heterocycles. The Bertz CT molecular complexity index is 1310. The maximum Gasteiger partial charge on any atom is 0.163 e. The van der Waals surface area contributed by atoms with Crippen LogP contribution in [0.1, 0.15) is 44.8 Å². The minimum Gasteiger partial charge on any atom is -0.487 e. The van der Waals surface area contributed by atoms with E-state index in [1.165, 1.54) is 0 Å². The molecule has 4 heterocycles. The number of anilines is 2. The van der Waals surface area contributed by atoms with Crippen LogP contribution in [-0.4, -0.2) is 48.5 Å². The fourth-order valence-corrected chi connectivity index (χ4v) is 4.96. The summed E-state index contributed by atoms with van der Waals surface area (Å²) in [6.07, 6.45) is 6.59. The van der Waals surface area contributed by atoms with E-state index in [4.69, 9.17) is 19.6 Å². The van der Waals surface area contributed by atoms with Crippen LogP contribution in [0.5, 0.6) is 5.75 Å². The van der Waals surface area contributed by atoms with Crippen LogP contribution in [0.2, 0.25) is 0 Å². The van der Waals surface area contributed by atoms with Gasteiger partial charge in [-0.05, 0) is 38.5 Å². The van der Waals surface area contributed by atoms with Gasteiger partial charge in [0.15, 0.2) is 11.9 Å². The molecule has 0 spiro atoms. The second-order valence-electron chi connectivity index (χ2n) is 9.34. The molecule has 3 atom stereocenters. The molecule has 0 amide bonds. The van der Waals surface area contributed by atoms with Crippen LogP contribution in [0.3, 0.4) is 0 Å². The van der Waals surface area contributed by atoms with E-state index in [1.54, 1.807) is 10.9 Å². The number of benzene rings is 1. The van der Waals surface area contributed by atoms with Crippen molar-refractivity contribution in [1.82, 2.24) is 24.5 Å². The Labute approximate surface area is 203 Å². The van der Waals surface area contributed by atoms with E-state index in [1.807, 2.05) is 42.1 Å². The van der Waals surface area contributed by atoms with Gasteiger partial charge in [-0.25, -0.2) is 9.67 Å². The smallest absolute Gasteiger partial charge is 0.163 e. The predicted molar refractivity (Wildman–Crippen MR) is 133 cm³/mol. The minimum absolute atomic E-state index is 0.131. The van der Waals surface area contributed by atoms with Crippen molar-refractivity contribution in [2.24, 2.45) is 7.05 Å². The van der Waals surface area contributed by atoms with Crippen molar-refractivity contribution in [2.75, 3.05) is 11.9 Å². The summed E-state index contributed by atoms with van der Waals surface area (Å²) >= 11 is 0. The molecule has 9 heteroatoms. The van der Waals surface area contributed by atoms with E-state index in [2.05, 4.69) is 22.5 Å². The average molecular weight is 475 g/mol. The molecular formula is C26H30N6O3. The normalized spacial score (nSPS) is 22.5. The molecule has 0 radical (unpaired) electrons. The number of nitrogens with one attached hydrogen (secondary N) is 1. The summed E-state index contributed by atoms with van der Waals surface area (Å²) in [5, 5.41) is 23.9. The van der Waals surface area contributed by atoms with Crippen LogP contribution in [0.4, 0.5) is 11.6 Å². The Morgan fingerprint density at radius 2 is 1.97 bits per heavy atom. The number of hydrogen-bond acceptors (Lipinski definition) is 7. The van der Waals surface area contributed by atoms with Crippen LogP contribution in [0.15, 0.2) is 48.7 Å². The van der Waals surface area contributed by atoms with E-state index >= 15 is 0 Å². The molecule has 6 rings (SSSR count). The third kappa shape index (κ3) is 4.37. The summed E-state index contributed by atoms with van der Waals surface area (Å²) in [4.78, 5) is 4.82. The van der Waals surface area contributed by atoms with Gasteiger partial charge < -0.3 is 19.9 Å². The zero-order valence-corrected chi connectivity index (χ0v) is 19.8. The molecule has 2 N–H and O–H groups in total. The number of aliphatic hydroxyl groups is 1. The highest BCUT2D eigenvalue weighted by molar-refractivity contribution is 5.84. The summed E-state index contributed by atoms with van der Waals surface area (Å²) in [7, 11) is 1.86. The molecule has 1 aromatic carbocycles. The fourth-order valence-electron chi connectivity index (χ4n) is 4.96. The number of rotatable bonds is 6. The lowest BCUT2D eigenvalue weighted by atomic mass is 10.1. The van der Waals surface area contributed by atoms with Crippen LogP contribution < -0.4 is 10.1 Å². The van der Waals surface area contributed by atoms with Crippen LogP contribution in [-0.2, 0) is 11.8 Å². The number of hydrogen-bond donors (Lipinski definition) is 2.